The second-order valence-corrected chi connectivity index (χ2v) is 7.97. The highest BCUT2D eigenvalue weighted by Crippen LogP contribution is 2.30. The Kier molecular flexibility index (Phi) is 5.95. The maximum Gasteiger partial charge on any atom is 0.260 e. The molecule has 1 saturated heterocycles. The van der Waals surface area contributed by atoms with Crippen LogP contribution in [0.4, 0.5) is 0 Å². The first-order chi connectivity index (χ1) is 14.5. The molecule has 158 valence electrons. The summed E-state index contributed by atoms with van der Waals surface area (Å²) in [5.74, 6) is 0.693. The van der Waals surface area contributed by atoms with E-state index in [1.165, 1.54) is 5.56 Å². The molecule has 1 atom stereocenters. The van der Waals surface area contributed by atoms with Crippen LogP contribution in [-0.4, -0.2) is 43.8 Å². The molecule has 0 aliphatic carbocycles. The highest BCUT2D eigenvalue weighted by atomic mass is 16.5. The number of benzene rings is 2. The second kappa shape index (κ2) is 8.79. The minimum atomic E-state index is 0.0216. The fourth-order valence-electron chi connectivity index (χ4n) is 4.02. The number of hydrogen-bond donors (Lipinski definition) is 2. The summed E-state index contributed by atoms with van der Waals surface area (Å²) in [5, 5.41) is 2.94. The van der Waals surface area contributed by atoms with E-state index in [0.29, 0.717) is 23.6 Å². The largest absolute Gasteiger partial charge is 0.472 e. The van der Waals surface area contributed by atoms with Gasteiger partial charge in [-0.25, -0.2) is 0 Å². The minimum Gasteiger partial charge on any atom is -0.472 e. The number of rotatable bonds is 6. The Morgan fingerprint density at radius 1 is 1.30 bits per heavy atom. The van der Waals surface area contributed by atoms with E-state index in [0.717, 1.165) is 42.6 Å². The molecule has 1 fully saturated rings. The van der Waals surface area contributed by atoms with Gasteiger partial charge in [-0.3, -0.25) is 4.79 Å². The van der Waals surface area contributed by atoms with Crippen LogP contribution in [0, 0.1) is 6.92 Å². The summed E-state index contributed by atoms with van der Waals surface area (Å²) in [5.41, 5.74) is 11.7. The average molecular weight is 408 g/mol. The Morgan fingerprint density at radius 2 is 2.10 bits per heavy atom. The lowest BCUT2D eigenvalue weighted by Crippen LogP contribution is -2.43. The normalized spacial score (nSPS) is 18.9. The number of nitrogens with two attached hydrogens (primary N) is 1. The zero-order chi connectivity index (χ0) is 21.1. The molecule has 4 rings (SSSR count). The Labute approximate surface area is 177 Å². The van der Waals surface area contributed by atoms with Crippen molar-refractivity contribution in [3.63, 3.8) is 0 Å². The van der Waals surface area contributed by atoms with Crippen molar-refractivity contribution in [3.8, 4) is 5.75 Å². The topological polar surface area (TPSA) is 76.8 Å². The first kappa shape index (κ1) is 20.3. The third kappa shape index (κ3) is 4.28. The van der Waals surface area contributed by atoms with Crippen LogP contribution in [0.2, 0.25) is 0 Å². The molecule has 2 aliphatic rings. The maximum atomic E-state index is 13.1. The number of nitrogens with one attached hydrogen (secondary N) is 1. The van der Waals surface area contributed by atoms with Crippen LogP contribution in [0.1, 0.15) is 45.5 Å². The van der Waals surface area contributed by atoms with Crippen molar-refractivity contribution in [2.24, 2.45) is 5.73 Å². The van der Waals surface area contributed by atoms with E-state index in [2.05, 4.69) is 24.4 Å². The number of fused-ring (bicyclic) bond motifs is 1. The molecule has 2 aliphatic heterocycles. The Morgan fingerprint density at radius 3 is 2.80 bits per heavy atom. The van der Waals surface area contributed by atoms with Crippen LogP contribution in [0.3, 0.4) is 0 Å². The fraction of sp³-hybridized carbons (Fsp3) is 0.375. The van der Waals surface area contributed by atoms with Crippen molar-refractivity contribution < 1.29 is 14.3 Å². The molecule has 0 radical (unpaired) electrons. The summed E-state index contributed by atoms with van der Waals surface area (Å²) in [4.78, 5) is 14.8. The van der Waals surface area contributed by atoms with Crippen LogP contribution in [0.5, 0.6) is 5.75 Å². The van der Waals surface area contributed by atoms with Gasteiger partial charge in [-0.1, -0.05) is 24.3 Å². The van der Waals surface area contributed by atoms with Gasteiger partial charge in [-0.05, 0) is 60.6 Å². The molecule has 0 aromatic heterocycles. The van der Waals surface area contributed by atoms with Crippen molar-refractivity contribution in [1.29, 1.82) is 0 Å². The number of hydrogen-bond acceptors (Lipinski definition) is 5. The predicted molar refractivity (Wildman–Crippen MR) is 117 cm³/mol. The van der Waals surface area contributed by atoms with E-state index in [-0.39, 0.29) is 18.7 Å². The highest BCUT2D eigenvalue weighted by Gasteiger charge is 2.29. The smallest absolute Gasteiger partial charge is 0.260 e. The molecule has 6 heteroatoms. The zero-order valence-electron chi connectivity index (χ0n) is 17.6. The van der Waals surface area contributed by atoms with Gasteiger partial charge in [-0.15, -0.1) is 0 Å². The van der Waals surface area contributed by atoms with Crippen LogP contribution in [0.15, 0.2) is 42.6 Å². The van der Waals surface area contributed by atoms with E-state index >= 15 is 0 Å². The number of ether oxygens (including phenoxy) is 2. The number of carbonyl (C=O) groups excluding carboxylic acids is 1. The first-order valence-electron chi connectivity index (χ1n) is 10.4. The summed E-state index contributed by atoms with van der Waals surface area (Å²) in [6.45, 7) is 3.71. The highest BCUT2D eigenvalue weighted by molar-refractivity contribution is 5.98. The summed E-state index contributed by atoms with van der Waals surface area (Å²) in [7, 11) is 1.83. The van der Waals surface area contributed by atoms with E-state index in [4.69, 9.17) is 15.2 Å². The van der Waals surface area contributed by atoms with Gasteiger partial charge in [0, 0.05) is 19.9 Å². The summed E-state index contributed by atoms with van der Waals surface area (Å²) < 4.78 is 11.6. The number of carbonyl (C=O) groups is 1. The van der Waals surface area contributed by atoms with E-state index in [1.54, 1.807) is 11.1 Å². The molecule has 6 nitrogen and oxygen atoms in total. The van der Waals surface area contributed by atoms with Gasteiger partial charge in [-0.2, -0.15) is 0 Å². The lowest BCUT2D eigenvalue weighted by Gasteiger charge is -2.31. The summed E-state index contributed by atoms with van der Waals surface area (Å²) >= 11 is 0. The van der Waals surface area contributed by atoms with E-state index < -0.39 is 0 Å². The van der Waals surface area contributed by atoms with Crippen molar-refractivity contribution in [2.75, 3.05) is 26.9 Å². The molecule has 2 aromatic rings. The van der Waals surface area contributed by atoms with Gasteiger partial charge in [0.15, 0.2) is 6.73 Å². The predicted octanol–water partition coefficient (Wildman–Crippen LogP) is 3.03. The van der Waals surface area contributed by atoms with Gasteiger partial charge in [0.1, 0.15) is 5.75 Å². The lowest BCUT2D eigenvalue weighted by molar-refractivity contribution is 0.0261. The standard InChI is InChI=1S/C24H29N3O3/c1-16-10-23-21(24(28)27(15-30-23)14-20-4-3-9-29-20)12-19(16)11-17-5-7-18(8-6-17)22(25)13-26-2/h5-8,10,12-13,20,26H,3-4,9,11,14-15,25H2,1-2H3/b22-13-. The Bertz CT molecular complexity index is 947. The summed E-state index contributed by atoms with van der Waals surface area (Å²) in [6.07, 6.45) is 4.69. The zero-order valence-corrected chi connectivity index (χ0v) is 17.6. The quantitative estimate of drug-likeness (QED) is 0.770. The molecule has 0 saturated carbocycles. The third-order valence-corrected chi connectivity index (χ3v) is 5.76. The van der Waals surface area contributed by atoms with Gasteiger partial charge in [0.2, 0.25) is 0 Å². The van der Waals surface area contributed by atoms with Crippen molar-refractivity contribution in [2.45, 2.75) is 32.3 Å². The number of aryl methyl sites for hydroxylation is 1. The number of nitrogens with zero attached hydrogens (tertiary/aromatic N) is 1. The van der Waals surface area contributed by atoms with Gasteiger partial charge in [0.05, 0.1) is 23.9 Å². The van der Waals surface area contributed by atoms with Crippen LogP contribution in [-0.2, 0) is 11.2 Å². The Hall–Kier alpha value is -2.99. The minimum absolute atomic E-state index is 0.0216. The van der Waals surface area contributed by atoms with Gasteiger partial charge in [0.25, 0.3) is 5.91 Å². The molecule has 3 N–H and O–H groups in total. The molecule has 0 bridgehead atoms. The molecule has 30 heavy (non-hydrogen) atoms. The molecular weight excluding hydrogens is 378 g/mol. The van der Waals surface area contributed by atoms with Crippen LogP contribution in [0.25, 0.3) is 5.70 Å². The lowest BCUT2D eigenvalue weighted by atomic mass is 9.96. The van der Waals surface area contributed by atoms with Gasteiger partial charge < -0.3 is 25.4 Å². The van der Waals surface area contributed by atoms with Crippen LogP contribution < -0.4 is 15.8 Å². The van der Waals surface area contributed by atoms with E-state index in [9.17, 15) is 4.79 Å². The molecule has 2 heterocycles. The van der Waals surface area contributed by atoms with Crippen molar-refractivity contribution in [3.05, 3.63) is 70.4 Å². The van der Waals surface area contributed by atoms with Crippen molar-refractivity contribution in [1.82, 2.24) is 10.2 Å². The van der Waals surface area contributed by atoms with Crippen molar-refractivity contribution >= 4 is 11.6 Å². The molecule has 1 amide bonds. The first-order valence-corrected chi connectivity index (χ1v) is 10.4. The van der Waals surface area contributed by atoms with Crippen LogP contribution >= 0.6 is 0 Å². The number of amides is 1. The van der Waals surface area contributed by atoms with Gasteiger partial charge >= 0.3 is 0 Å². The SMILES string of the molecule is CN/C=C(\N)c1ccc(Cc2cc3c(cc2C)OCN(CC2CCCO2)C3=O)cc1. The van der Waals surface area contributed by atoms with E-state index in [1.807, 2.05) is 31.3 Å². The molecule has 0 spiro atoms. The average Bonchev–Trinajstić information content (AvgIpc) is 3.25. The molecule has 2 aromatic carbocycles. The monoisotopic (exact) mass is 407 g/mol. The molecule has 1 unspecified atom stereocenters. The second-order valence-electron chi connectivity index (χ2n) is 7.97. The maximum absolute atomic E-state index is 13.1. The summed E-state index contributed by atoms with van der Waals surface area (Å²) in [6, 6.07) is 12.2. The third-order valence-electron chi connectivity index (χ3n) is 5.76. The molecular formula is C24H29N3O3. The Balaban J connectivity index is 1.52. The fourth-order valence-corrected chi connectivity index (χ4v) is 4.02.